The Kier molecular flexibility index (Phi) is 4.12. The van der Waals surface area contributed by atoms with Crippen molar-refractivity contribution < 1.29 is 22.8 Å². The average molecular weight is 290 g/mol. The fourth-order valence-electron chi connectivity index (χ4n) is 1.95. The summed E-state index contributed by atoms with van der Waals surface area (Å²) in [6, 6.07) is -1.02. The van der Waals surface area contributed by atoms with E-state index < -0.39 is 22.2 Å². The normalized spacial score (nSPS) is 21.4. The number of hydrogen-bond donors (Lipinski definition) is 2. The lowest BCUT2D eigenvalue weighted by Crippen LogP contribution is -2.52. The molecular weight excluding hydrogens is 276 g/mol. The van der Waals surface area contributed by atoms with Crippen LogP contribution in [0.4, 0.5) is 0 Å². The summed E-state index contributed by atoms with van der Waals surface area (Å²) in [6.07, 6.45) is 2.75. The summed E-state index contributed by atoms with van der Waals surface area (Å²) >= 11 is 0. The van der Waals surface area contributed by atoms with E-state index in [9.17, 15) is 13.2 Å². The van der Waals surface area contributed by atoms with Gasteiger partial charge in [0.2, 0.25) is 6.39 Å². The summed E-state index contributed by atoms with van der Waals surface area (Å²) in [6.45, 7) is 0.0558. The van der Waals surface area contributed by atoms with Crippen molar-refractivity contribution in [1.29, 1.82) is 0 Å². The summed E-state index contributed by atoms with van der Waals surface area (Å²) < 4.78 is 31.8. The minimum atomic E-state index is -3.87. The minimum absolute atomic E-state index is 0.137. The quantitative estimate of drug-likeness (QED) is 0.737. The third-order valence-corrected chi connectivity index (χ3v) is 4.43. The van der Waals surface area contributed by atoms with E-state index in [1.807, 2.05) is 0 Å². The van der Waals surface area contributed by atoms with Gasteiger partial charge in [-0.15, -0.1) is 0 Å². The lowest BCUT2D eigenvalue weighted by molar-refractivity contribution is -0.142. The molecule has 2 rings (SSSR count). The number of nitrogens with zero attached hydrogens (tertiary/aromatic N) is 3. The van der Waals surface area contributed by atoms with Gasteiger partial charge in [-0.25, -0.2) is 0 Å². The summed E-state index contributed by atoms with van der Waals surface area (Å²) in [5, 5.41) is 12.5. The molecule has 0 bridgehead atoms. The molecule has 1 saturated heterocycles. The van der Waals surface area contributed by atoms with Crippen molar-refractivity contribution in [2.75, 3.05) is 6.54 Å². The molecule has 1 aromatic rings. The zero-order valence-corrected chi connectivity index (χ0v) is 10.8. The lowest BCUT2D eigenvalue weighted by atomic mass is 10.1. The van der Waals surface area contributed by atoms with Gasteiger partial charge in [-0.2, -0.15) is 22.4 Å². The largest absolute Gasteiger partial charge is 0.480 e. The molecule has 1 aromatic heterocycles. The number of nitrogens with one attached hydrogen (secondary N) is 1. The van der Waals surface area contributed by atoms with Crippen molar-refractivity contribution in [3.05, 3.63) is 12.2 Å². The van der Waals surface area contributed by atoms with E-state index in [0.717, 1.165) is 10.7 Å². The van der Waals surface area contributed by atoms with Crippen LogP contribution >= 0.6 is 0 Å². The van der Waals surface area contributed by atoms with E-state index in [1.165, 1.54) is 0 Å². The van der Waals surface area contributed by atoms with Gasteiger partial charge in [0.25, 0.3) is 10.2 Å². The first kappa shape index (κ1) is 13.9. The molecule has 0 radical (unpaired) electrons. The molecule has 10 heteroatoms. The highest BCUT2D eigenvalue weighted by molar-refractivity contribution is 7.87. The van der Waals surface area contributed by atoms with Gasteiger partial charge in [0.15, 0.2) is 5.82 Å². The summed E-state index contributed by atoms with van der Waals surface area (Å²) in [7, 11) is -3.87. The Hall–Kier alpha value is -1.52. The molecule has 1 fully saturated rings. The molecule has 106 valence electrons. The van der Waals surface area contributed by atoms with Gasteiger partial charge < -0.3 is 9.63 Å². The first-order valence-electron chi connectivity index (χ1n) is 5.75. The molecule has 0 amide bonds. The Morgan fingerprint density at radius 1 is 1.58 bits per heavy atom. The van der Waals surface area contributed by atoms with Crippen molar-refractivity contribution in [2.45, 2.75) is 31.8 Å². The minimum Gasteiger partial charge on any atom is -0.480 e. The van der Waals surface area contributed by atoms with E-state index in [4.69, 9.17) is 5.11 Å². The van der Waals surface area contributed by atoms with Gasteiger partial charge in [-0.3, -0.25) is 4.79 Å². The number of aromatic nitrogens is 2. The maximum absolute atomic E-state index is 12.1. The molecule has 19 heavy (non-hydrogen) atoms. The van der Waals surface area contributed by atoms with E-state index in [-0.39, 0.29) is 18.9 Å². The number of carboxylic acid groups (broad SMARTS) is 1. The Balaban J connectivity index is 2.06. The second kappa shape index (κ2) is 5.63. The zero-order valence-electron chi connectivity index (χ0n) is 10.0. The molecule has 0 aromatic carbocycles. The van der Waals surface area contributed by atoms with Gasteiger partial charge in [0.1, 0.15) is 6.04 Å². The molecule has 2 N–H and O–H groups in total. The highest BCUT2D eigenvalue weighted by atomic mass is 32.2. The van der Waals surface area contributed by atoms with Crippen LogP contribution in [0.15, 0.2) is 10.9 Å². The fraction of sp³-hybridized carbons (Fsp3) is 0.667. The molecule has 1 aliphatic heterocycles. The number of rotatable bonds is 5. The molecular formula is C9H14N4O5S. The summed E-state index contributed by atoms with van der Waals surface area (Å²) in [4.78, 5) is 14.7. The molecule has 1 aliphatic rings. The Bertz CT molecular complexity index is 529. The van der Waals surface area contributed by atoms with Crippen molar-refractivity contribution in [3.8, 4) is 0 Å². The van der Waals surface area contributed by atoms with Gasteiger partial charge in [-0.05, 0) is 19.3 Å². The number of carboxylic acids is 1. The second-order valence-corrected chi connectivity index (χ2v) is 5.84. The first-order chi connectivity index (χ1) is 9.00. The molecule has 1 unspecified atom stereocenters. The van der Waals surface area contributed by atoms with Crippen LogP contribution in [0.25, 0.3) is 0 Å². The van der Waals surface area contributed by atoms with Gasteiger partial charge in [0, 0.05) is 6.54 Å². The highest BCUT2D eigenvalue weighted by Gasteiger charge is 2.36. The third kappa shape index (κ3) is 3.28. The van der Waals surface area contributed by atoms with Crippen molar-refractivity contribution in [1.82, 2.24) is 19.2 Å². The van der Waals surface area contributed by atoms with E-state index in [2.05, 4.69) is 19.4 Å². The molecule has 1 atom stereocenters. The topological polar surface area (TPSA) is 126 Å². The van der Waals surface area contributed by atoms with Crippen molar-refractivity contribution >= 4 is 16.2 Å². The SMILES string of the molecule is O=C(O)C1CCCCN1S(=O)(=O)NCc1ncon1. The standard InChI is InChI=1S/C9H14N4O5S/c14-9(15)7-3-1-2-4-13(7)19(16,17)11-5-8-10-6-18-12-8/h6-7,11H,1-5H2,(H,14,15). The maximum Gasteiger partial charge on any atom is 0.322 e. The number of aliphatic carboxylic acids is 1. The molecule has 2 heterocycles. The summed E-state index contributed by atoms with van der Waals surface area (Å²) in [5.74, 6) is -0.947. The summed E-state index contributed by atoms with van der Waals surface area (Å²) in [5.41, 5.74) is 0. The highest BCUT2D eigenvalue weighted by Crippen LogP contribution is 2.20. The second-order valence-electron chi connectivity index (χ2n) is 4.13. The van der Waals surface area contributed by atoms with Gasteiger partial charge in [-0.1, -0.05) is 5.16 Å². The molecule has 0 spiro atoms. The third-order valence-electron chi connectivity index (χ3n) is 2.87. The van der Waals surface area contributed by atoms with Crippen molar-refractivity contribution in [2.24, 2.45) is 0 Å². The number of piperidine rings is 1. The smallest absolute Gasteiger partial charge is 0.322 e. The van der Waals surface area contributed by atoms with Crippen LogP contribution in [-0.4, -0.2) is 46.5 Å². The van der Waals surface area contributed by atoms with E-state index in [0.29, 0.717) is 19.3 Å². The van der Waals surface area contributed by atoms with Gasteiger partial charge in [0.05, 0.1) is 6.54 Å². The fourth-order valence-corrected chi connectivity index (χ4v) is 3.33. The van der Waals surface area contributed by atoms with Crippen LogP contribution in [-0.2, 0) is 21.5 Å². The van der Waals surface area contributed by atoms with E-state index in [1.54, 1.807) is 0 Å². The van der Waals surface area contributed by atoms with Crippen LogP contribution in [0.1, 0.15) is 25.1 Å². The molecule has 9 nitrogen and oxygen atoms in total. The van der Waals surface area contributed by atoms with Crippen LogP contribution in [0.5, 0.6) is 0 Å². The van der Waals surface area contributed by atoms with Crippen molar-refractivity contribution in [3.63, 3.8) is 0 Å². The van der Waals surface area contributed by atoms with Crippen LogP contribution < -0.4 is 4.72 Å². The average Bonchev–Trinajstić information content (AvgIpc) is 2.89. The molecule has 0 saturated carbocycles. The number of carbonyl (C=O) groups is 1. The Morgan fingerprint density at radius 3 is 3.00 bits per heavy atom. The van der Waals surface area contributed by atoms with Crippen LogP contribution in [0.2, 0.25) is 0 Å². The zero-order chi connectivity index (χ0) is 13.9. The number of hydrogen-bond acceptors (Lipinski definition) is 6. The van der Waals surface area contributed by atoms with E-state index >= 15 is 0 Å². The maximum atomic E-state index is 12.1. The Morgan fingerprint density at radius 2 is 2.37 bits per heavy atom. The lowest BCUT2D eigenvalue weighted by Gasteiger charge is -2.31. The molecule has 0 aliphatic carbocycles. The van der Waals surface area contributed by atoms with Gasteiger partial charge >= 0.3 is 5.97 Å². The van der Waals surface area contributed by atoms with Crippen LogP contribution in [0.3, 0.4) is 0 Å². The van der Waals surface area contributed by atoms with Crippen LogP contribution in [0, 0.1) is 0 Å². The Labute approximate surface area is 109 Å². The first-order valence-corrected chi connectivity index (χ1v) is 7.19. The predicted octanol–water partition coefficient (Wildman–Crippen LogP) is -0.657. The predicted molar refractivity (Wildman–Crippen MR) is 62.0 cm³/mol. The monoisotopic (exact) mass is 290 g/mol.